The third-order valence-electron chi connectivity index (χ3n) is 1.28. The summed E-state index contributed by atoms with van der Waals surface area (Å²) in [6.07, 6.45) is 0. The van der Waals surface area contributed by atoms with Gasteiger partial charge in [-0.1, -0.05) is 11.1 Å². The normalized spacial score (nSPS) is 9.14. The van der Waals surface area contributed by atoms with Gasteiger partial charge in [-0.25, -0.2) is 4.79 Å². The van der Waals surface area contributed by atoms with Crippen LogP contribution in [0.15, 0.2) is 24.3 Å². The highest BCUT2D eigenvalue weighted by molar-refractivity contribution is 5.87. The predicted molar refractivity (Wildman–Crippen MR) is 42.1 cm³/mol. The predicted octanol–water partition coefficient (Wildman–Crippen LogP) is 0.887. The van der Waals surface area contributed by atoms with Gasteiger partial charge in [0.15, 0.2) is 5.75 Å². The van der Waals surface area contributed by atoms with Crippen molar-refractivity contribution in [2.24, 2.45) is 0 Å². The molecular formula is C7H5NO6. The second kappa shape index (κ2) is 4.08. The monoisotopic (exact) mass is 199 g/mol. The molecule has 0 fully saturated rings. The van der Waals surface area contributed by atoms with E-state index in [0.717, 1.165) is 6.07 Å². The van der Waals surface area contributed by atoms with E-state index in [1.54, 1.807) is 0 Å². The zero-order chi connectivity index (χ0) is 10.6. The highest BCUT2D eigenvalue weighted by Crippen LogP contribution is 2.13. The van der Waals surface area contributed by atoms with Crippen LogP contribution in [-0.2, 0) is 4.99 Å². The summed E-state index contributed by atoms with van der Waals surface area (Å²) in [7, 11) is 0. The first-order valence-electron chi connectivity index (χ1n) is 3.42. The maximum absolute atomic E-state index is 10.5. The summed E-state index contributed by atoms with van der Waals surface area (Å²) in [6, 6.07) is 5.13. The second-order valence-electron chi connectivity index (χ2n) is 2.21. The van der Waals surface area contributed by atoms with Gasteiger partial charge in [-0.3, -0.25) is 0 Å². The summed E-state index contributed by atoms with van der Waals surface area (Å²) < 4.78 is 0. The standard InChI is InChI=1S/C7H5NO6/c9-7(10)5-2-1-3-6(4-5)13-14-8(11)12/h1-4H,(H,9,10). The molecule has 0 radical (unpaired) electrons. The van der Waals surface area contributed by atoms with E-state index in [1.165, 1.54) is 18.2 Å². The third-order valence-corrected chi connectivity index (χ3v) is 1.28. The van der Waals surface area contributed by atoms with Crippen LogP contribution in [0.5, 0.6) is 5.75 Å². The summed E-state index contributed by atoms with van der Waals surface area (Å²) in [5, 5.41) is 17.1. The number of carboxylic acids is 1. The Morgan fingerprint density at radius 1 is 1.50 bits per heavy atom. The van der Waals surface area contributed by atoms with Crippen LogP contribution >= 0.6 is 0 Å². The zero-order valence-corrected chi connectivity index (χ0v) is 6.75. The fourth-order valence-corrected chi connectivity index (χ4v) is 0.754. The largest absolute Gasteiger partial charge is 0.478 e. The molecule has 7 heteroatoms. The van der Waals surface area contributed by atoms with Crippen LogP contribution in [0.2, 0.25) is 0 Å². The molecule has 1 aromatic rings. The quantitative estimate of drug-likeness (QED) is 0.439. The van der Waals surface area contributed by atoms with Crippen molar-refractivity contribution >= 4 is 5.97 Å². The maximum Gasteiger partial charge on any atom is 0.335 e. The van der Waals surface area contributed by atoms with Gasteiger partial charge in [0.1, 0.15) is 0 Å². The van der Waals surface area contributed by atoms with E-state index in [9.17, 15) is 14.9 Å². The molecule has 0 saturated heterocycles. The Kier molecular flexibility index (Phi) is 2.85. The highest BCUT2D eigenvalue weighted by Gasteiger charge is 2.05. The summed E-state index contributed by atoms with van der Waals surface area (Å²) in [4.78, 5) is 28.0. The third kappa shape index (κ3) is 2.63. The Balaban J connectivity index is 2.73. The van der Waals surface area contributed by atoms with Crippen molar-refractivity contribution in [3.8, 4) is 5.75 Å². The fourth-order valence-electron chi connectivity index (χ4n) is 0.754. The minimum atomic E-state index is -1.16. The molecule has 0 atom stereocenters. The molecule has 0 aliphatic carbocycles. The first-order valence-corrected chi connectivity index (χ1v) is 3.42. The van der Waals surface area contributed by atoms with Gasteiger partial charge in [0, 0.05) is 0 Å². The Morgan fingerprint density at radius 3 is 2.79 bits per heavy atom. The van der Waals surface area contributed by atoms with Crippen molar-refractivity contribution in [3.05, 3.63) is 39.9 Å². The van der Waals surface area contributed by atoms with Crippen molar-refractivity contribution in [2.75, 3.05) is 0 Å². The molecule has 0 spiro atoms. The number of aromatic carboxylic acids is 1. The van der Waals surface area contributed by atoms with Gasteiger partial charge in [-0.15, -0.1) is 10.1 Å². The van der Waals surface area contributed by atoms with Gasteiger partial charge >= 0.3 is 11.1 Å². The molecule has 0 aromatic heterocycles. The summed E-state index contributed by atoms with van der Waals surface area (Å²) in [6.45, 7) is 0. The number of carbonyl (C=O) groups is 1. The molecule has 0 unspecified atom stereocenters. The smallest absolute Gasteiger partial charge is 0.335 e. The lowest BCUT2D eigenvalue weighted by Gasteiger charge is -2.00. The van der Waals surface area contributed by atoms with E-state index in [2.05, 4.69) is 9.88 Å². The minimum absolute atomic E-state index is 0.0468. The van der Waals surface area contributed by atoms with Gasteiger partial charge in [0.25, 0.3) is 0 Å². The first-order chi connectivity index (χ1) is 6.59. The van der Waals surface area contributed by atoms with Crippen molar-refractivity contribution in [1.82, 2.24) is 0 Å². The Morgan fingerprint density at radius 2 is 2.21 bits per heavy atom. The van der Waals surface area contributed by atoms with E-state index >= 15 is 0 Å². The Bertz CT molecular complexity index is 363. The topological polar surface area (TPSA) is 98.9 Å². The van der Waals surface area contributed by atoms with Gasteiger partial charge in [0.2, 0.25) is 0 Å². The molecule has 1 aromatic carbocycles. The van der Waals surface area contributed by atoms with Gasteiger partial charge in [0.05, 0.1) is 5.56 Å². The zero-order valence-electron chi connectivity index (χ0n) is 6.75. The molecule has 1 rings (SSSR count). The second-order valence-corrected chi connectivity index (χ2v) is 2.21. The number of nitrogens with zero attached hydrogens (tertiary/aromatic N) is 1. The first kappa shape index (κ1) is 9.78. The molecule has 7 nitrogen and oxygen atoms in total. The molecule has 0 amide bonds. The maximum atomic E-state index is 10.5. The Hall–Kier alpha value is -2.31. The van der Waals surface area contributed by atoms with Gasteiger partial charge < -0.3 is 9.99 Å². The van der Waals surface area contributed by atoms with Crippen LogP contribution < -0.4 is 4.89 Å². The summed E-state index contributed by atoms with van der Waals surface area (Å²) in [5.41, 5.74) is -0.0468. The van der Waals surface area contributed by atoms with Crippen LogP contribution in [0.4, 0.5) is 0 Å². The number of benzene rings is 1. The van der Waals surface area contributed by atoms with E-state index in [1.807, 2.05) is 0 Å². The lowest BCUT2D eigenvalue weighted by Crippen LogP contribution is -2.05. The SMILES string of the molecule is O=C(O)c1cccc(OO[N+](=O)[O-])c1. The van der Waals surface area contributed by atoms with Gasteiger partial charge in [-0.2, -0.15) is 0 Å². The average molecular weight is 199 g/mol. The van der Waals surface area contributed by atoms with E-state index in [4.69, 9.17) is 5.11 Å². The molecule has 0 heterocycles. The lowest BCUT2D eigenvalue weighted by molar-refractivity contribution is -0.832. The number of rotatable bonds is 4. The molecule has 0 aliphatic rings. The molecular weight excluding hydrogens is 194 g/mol. The number of hydrogen-bond acceptors (Lipinski definition) is 5. The minimum Gasteiger partial charge on any atom is -0.478 e. The van der Waals surface area contributed by atoms with Gasteiger partial charge in [-0.05, 0) is 18.2 Å². The van der Waals surface area contributed by atoms with Crippen molar-refractivity contribution in [3.63, 3.8) is 0 Å². The molecule has 1 N–H and O–H groups in total. The Labute approximate surface area is 77.5 Å². The molecule has 74 valence electrons. The van der Waals surface area contributed by atoms with Crippen LogP contribution in [0.25, 0.3) is 0 Å². The van der Waals surface area contributed by atoms with Crippen LogP contribution in [0.3, 0.4) is 0 Å². The van der Waals surface area contributed by atoms with Crippen LogP contribution in [0.1, 0.15) is 10.4 Å². The molecule has 0 aliphatic heterocycles. The van der Waals surface area contributed by atoms with Crippen LogP contribution in [-0.4, -0.2) is 16.2 Å². The van der Waals surface area contributed by atoms with E-state index < -0.39 is 11.1 Å². The summed E-state index contributed by atoms with van der Waals surface area (Å²) in [5.74, 6) is -1.21. The highest BCUT2D eigenvalue weighted by atomic mass is 17.3. The molecule has 0 bridgehead atoms. The molecule has 14 heavy (non-hydrogen) atoms. The fraction of sp³-hybridized carbons (Fsp3) is 0. The van der Waals surface area contributed by atoms with Crippen molar-refractivity contribution < 1.29 is 24.9 Å². The number of hydrogen-bond donors (Lipinski definition) is 1. The van der Waals surface area contributed by atoms with Crippen molar-refractivity contribution in [2.45, 2.75) is 0 Å². The average Bonchev–Trinajstić information content (AvgIpc) is 2.15. The van der Waals surface area contributed by atoms with Crippen molar-refractivity contribution in [1.29, 1.82) is 0 Å². The van der Waals surface area contributed by atoms with E-state index in [-0.39, 0.29) is 11.3 Å². The number of carboxylic acid groups (broad SMARTS) is 1. The molecule has 0 saturated carbocycles. The summed E-state index contributed by atoms with van der Waals surface area (Å²) >= 11 is 0. The van der Waals surface area contributed by atoms with Crippen LogP contribution in [0, 0.1) is 10.1 Å². The lowest BCUT2D eigenvalue weighted by atomic mass is 10.2. The van der Waals surface area contributed by atoms with E-state index in [0.29, 0.717) is 0 Å².